The van der Waals surface area contributed by atoms with Gasteiger partial charge in [0.25, 0.3) is 0 Å². The van der Waals surface area contributed by atoms with Gasteiger partial charge >= 0.3 is 0 Å². The van der Waals surface area contributed by atoms with Gasteiger partial charge in [-0.3, -0.25) is 0 Å². The van der Waals surface area contributed by atoms with Gasteiger partial charge in [0.2, 0.25) is 0 Å². The van der Waals surface area contributed by atoms with Crippen molar-refractivity contribution in [3.8, 4) is 0 Å². The Bertz CT molecular complexity index is 1330. The molecule has 4 rings (SSSR count). The maximum Gasteiger partial charge on any atom is 0.136 e. The predicted molar refractivity (Wildman–Crippen MR) is 126 cm³/mol. The molecule has 1 aromatic heterocycles. The molecule has 0 aliphatic heterocycles. The summed E-state index contributed by atoms with van der Waals surface area (Å²) in [5, 5.41) is 4.69. The molecule has 0 radical (unpaired) electrons. The van der Waals surface area contributed by atoms with E-state index in [4.69, 9.17) is 4.42 Å². The normalized spacial score (nSPS) is 11.7. The van der Waals surface area contributed by atoms with E-state index < -0.39 is 0 Å². The number of hydrogen-bond acceptors (Lipinski definition) is 1. The largest absolute Gasteiger partial charge is 0.456 e. The molecule has 0 unspecified atom stereocenters. The SMILES string of the molecule is C=Cc1ccc2oc3cc4c(C)c(C=C)c(C=C)c(C)c4cc3c2c1/C=C\C. The second-order valence-corrected chi connectivity index (χ2v) is 7.13. The number of fused-ring (bicyclic) bond motifs is 4. The summed E-state index contributed by atoms with van der Waals surface area (Å²) in [6.07, 6.45) is 9.94. The molecule has 0 saturated heterocycles. The quantitative estimate of drug-likeness (QED) is 0.355. The molecule has 0 bridgehead atoms. The molecule has 0 saturated carbocycles. The zero-order valence-electron chi connectivity index (χ0n) is 16.7. The van der Waals surface area contributed by atoms with Crippen LogP contribution < -0.4 is 0 Å². The van der Waals surface area contributed by atoms with E-state index in [0.717, 1.165) is 44.2 Å². The van der Waals surface area contributed by atoms with E-state index in [1.807, 2.05) is 31.2 Å². The smallest absolute Gasteiger partial charge is 0.136 e. The Morgan fingerprint density at radius 1 is 0.750 bits per heavy atom. The molecule has 0 spiro atoms. The van der Waals surface area contributed by atoms with Crippen molar-refractivity contribution in [3.63, 3.8) is 0 Å². The highest BCUT2D eigenvalue weighted by molar-refractivity contribution is 6.15. The summed E-state index contributed by atoms with van der Waals surface area (Å²) in [5.74, 6) is 0. The van der Waals surface area contributed by atoms with Gasteiger partial charge in [0.15, 0.2) is 0 Å². The van der Waals surface area contributed by atoms with Crippen molar-refractivity contribution in [1.82, 2.24) is 0 Å². The minimum absolute atomic E-state index is 0.896. The zero-order chi connectivity index (χ0) is 20.0. The predicted octanol–water partition coefficient (Wildman–Crippen LogP) is 8.32. The molecular weight excluding hydrogens is 340 g/mol. The van der Waals surface area contributed by atoms with Crippen LogP contribution in [0.5, 0.6) is 0 Å². The van der Waals surface area contributed by atoms with E-state index in [1.54, 1.807) is 0 Å². The number of furan rings is 1. The molecule has 0 N–H and O–H groups in total. The van der Waals surface area contributed by atoms with Gasteiger partial charge in [0, 0.05) is 10.8 Å². The first-order valence-electron chi connectivity index (χ1n) is 9.51. The van der Waals surface area contributed by atoms with Gasteiger partial charge in [-0.05, 0) is 83.1 Å². The number of benzene rings is 3. The van der Waals surface area contributed by atoms with Crippen molar-refractivity contribution in [2.75, 3.05) is 0 Å². The van der Waals surface area contributed by atoms with Crippen molar-refractivity contribution in [2.24, 2.45) is 0 Å². The summed E-state index contributed by atoms with van der Waals surface area (Å²) >= 11 is 0. The van der Waals surface area contributed by atoms with Gasteiger partial charge in [0.05, 0.1) is 0 Å². The molecule has 1 heteroatoms. The fraction of sp³-hybridized carbons (Fsp3) is 0.111. The van der Waals surface area contributed by atoms with E-state index >= 15 is 0 Å². The number of hydrogen-bond donors (Lipinski definition) is 0. The van der Waals surface area contributed by atoms with Crippen LogP contribution in [0.2, 0.25) is 0 Å². The van der Waals surface area contributed by atoms with Crippen LogP contribution in [0.25, 0.3) is 57.0 Å². The number of allylic oxidation sites excluding steroid dienone is 1. The van der Waals surface area contributed by atoms with Crippen LogP contribution >= 0.6 is 0 Å². The highest BCUT2D eigenvalue weighted by Gasteiger charge is 2.17. The minimum atomic E-state index is 0.896. The summed E-state index contributed by atoms with van der Waals surface area (Å²) in [7, 11) is 0. The van der Waals surface area contributed by atoms with Crippen LogP contribution in [-0.4, -0.2) is 0 Å². The molecule has 0 aliphatic carbocycles. The van der Waals surface area contributed by atoms with Crippen molar-refractivity contribution >= 4 is 57.0 Å². The average molecular weight is 364 g/mol. The van der Waals surface area contributed by atoms with E-state index in [-0.39, 0.29) is 0 Å². The van der Waals surface area contributed by atoms with Gasteiger partial charge in [0.1, 0.15) is 11.2 Å². The Morgan fingerprint density at radius 2 is 1.39 bits per heavy atom. The molecule has 0 aliphatic rings. The van der Waals surface area contributed by atoms with E-state index in [9.17, 15) is 0 Å². The maximum atomic E-state index is 6.26. The first kappa shape index (κ1) is 18.1. The summed E-state index contributed by atoms with van der Waals surface area (Å²) in [6, 6.07) is 8.53. The highest BCUT2D eigenvalue weighted by Crippen LogP contribution is 2.39. The lowest BCUT2D eigenvalue weighted by Crippen LogP contribution is -1.94. The number of aryl methyl sites for hydroxylation is 2. The molecule has 4 aromatic rings. The first-order chi connectivity index (χ1) is 13.5. The third-order valence-electron chi connectivity index (χ3n) is 5.72. The van der Waals surface area contributed by atoms with E-state index in [0.29, 0.717) is 0 Å². The Balaban J connectivity index is 2.26. The third kappa shape index (κ3) is 2.40. The topological polar surface area (TPSA) is 13.1 Å². The fourth-order valence-corrected chi connectivity index (χ4v) is 4.32. The molecule has 0 atom stereocenters. The van der Waals surface area contributed by atoms with Crippen LogP contribution in [0, 0.1) is 13.8 Å². The molecule has 1 heterocycles. The highest BCUT2D eigenvalue weighted by atomic mass is 16.3. The van der Waals surface area contributed by atoms with Gasteiger partial charge in [-0.15, -0.1) is 0 Å². The molecule has 0 amide bonds. The maximum absolute atomic E-state index is 6.26. The lowest BCUT2D eigenvalue weighted by atomic mass is 9.89. The lowest BCUT2D eigenvalue weighted by Gasteiger charge is -2.15. The van der Waals surface area contributed by atoms with Crippen molar-refractivity contribution in [1.29, 1.82) is 0 Å². The second-order valence-electron chi connectivity index (χ2n) is 7.13. The van der Waals surface area contributed by atoms with Crippen molar-refractivity contribution in [2.45, 2.75) is 20.8 Å². The van der Waals surface area contributed by atoms with Crippen LogP contribution in [0.15, 0.2) is 54.5 Å². The van der Waals surface area contributed by atoms with Gasteiger partial charge in [-0.25, -0.2) is 0 Å². The van der Waals surface area contributed by atoms with Crippen molar-refractivity contribution in [3.05, 3.63) is 83.5 Å². The average Bonchev–Trinajstić information content (AvgIpc) is 3.07. The Kier molecular flexibility index (Phi) is 4.31. The van der Waals surface area contributed by atoms with Gasteiger partial charge in [-0.2, -0.15) is 0 Å². The monoisotopic (exact) mass is 364 g/mol. The molecule has 3 aromatic carbocycles. The summed E-state index contributed by atoms with van der Waals surface area (Å²) < 4.78 is 6.26. The molecule has 0 fully saturated rings. The van der Waals surface area contributed by atoms with Gasteiger partial charge < -0.3 is 4.42 Å². The van der Waals surface area contributed by atoms with Crippen LogP contribution in [0.4, 0.5) is 0 Å². The second kappa shape index (κ2) is 6.69. The first-order valence-corrected chi connectivity index (χ1v) is 9.51. The number of rotatable bonds is 4. The Morgan fingerprint density at radius 3 is 1.96 bits per heavy atom. The molecule has 1 nitrogen and oxygen atoms in total. The summed E-state index contributed by atoms with van der Waals surface area (Å²) in [5.41, 5.74) is 8.75. The van der Waals surface area contributed by atoms with E-state index in [1.165, 1.54) is 21.9 Å². The Hall–Kier alpha value is -3.32. The summed E-state index contributed by atoms with van der Waals surface area (Å²) in [6.45, 7) is 18.3. The standard InChI is InChI=1S/C27H24O/c1-7-11-21-18(8-2)12-13-25-27(21)24-14-22-16(5)19(9-3)20(10-4)17(6)23(22)15-26(24)28-25/h7-15H,2-4H2,1,5-6H3/b11-7-. The van der Waals surface area contributed by atoms with E-state index in [2.05, 4.69) is 63.9 Å². The fourth-order valence-electron chi connectivity index (χ4n) is 4.32. The summed E-state index contributed by atoms with van der Waals surface area (Å²) in [4.78, 5) is 0. The van der Waals surface area contributed by atoms with Gasteiger partial charge in [-0.1, -0.05) is 56.2 Å². The lowest BCUT2D eigenvalue weighted by molar-refractivity contribution is 0.669. The zero-order valence-corrected chi connectivity index (χ0v) is 16.7. The minimum Gasteiger partial charge on any atom is -0.456 e. The van der Waals surface area contributed by atoms with Crippen LogP contribution in [-0.2, 0) is 0 Å². The van der Waals surface area contributed by atoms with Crippen LogP contribution in [0.3, 0.4) is 0 Å². The molecular formula is C27H24O. The van der Waals surface area contributed by atoms with Crippen molar-refractivity contribution < 1.29 is 4.42 Å². The molecule has 28 heavy (non-hydrogen) atoms. The Labute approximate surface area is 166 Å². The third-order valence-corrected chi connectivity index (χ3v) is 5.72. The molecule has 138 valence electrons. The van der Waals surface area contributed by atoms with Crippen LogP contribution in [0.1, 0.15) is 40.3 Å².